The summed E-state index contributed by atoms with van der Waals surface area (Å²) in [6.07, 6.45) is 1.85. The van der Waals surface area contributed by atoms with Crippen LogP contribution in [0.5, 0.6) is 0 Å². The van der Waals surface area contributed by atoms with E-state index in [1.54, 1.807) is 0 Å². The van der Waals surface area contributed by atoms with Gasteiger partial charge in [0.15, 0.2) is 11.2 Å². The van der Waals surface area contributed by atoms with Crippen LogP contribution in [0.4, 0.5) is 5.69 Å². The number of hydrogen-bond acceptors (Lipinski definition) is 1. The van der Waals surface area contributed by atoms with Crippen LogP contribution in [-0.2, 0) is 7.05 Å². The Kier molecular flexibility index (Phi) is 2.52. The van der Waals surface area contributed by atoms with E-state index in [9.17, 15) is 0 Å². The minimum Gasteiger partial charge on any atom is -0.309 e. The first-order valence-electron chi connectivity index (χ1n) is 8.92. The van der Waals surface area contributed by atoms with E-state index in [4.69, 9.17) is 6.57 Å². The molecule has 0 aliphatic carbocycles. The second-order valence-electron chi connectivity index (χ2n) is 7.18. The van der Waals surface area contributed by atoms with Crippen molar-refractivity contribution >= 4 is 54.8 Å². The van der Waals surface area contributed by atoms with Gasteiger partial charge in [-0.05, 0) is 30.7 Å². The number of pyridine rings is 1. The van der Waals surface area contributed by atoms with E-state index in [0.717, 1.165) is 16.4 Å². The molecule has 3 aromatic carbocycles. The van der Waals surface area contributed by atoms with Crippen molar-refractivity contribution in [2.45, 2.75) is 6.92 Å². The molecule has 0 aliphatic rings. The van der Waals surface area contributed by atoms with Crippen LogP contribution in [0.3, 0.4) is 0 Å². The van der Waals surface area contributed by atoms with Crippen LogP contribution in [0.25, 0.3) is 54.0 Å². The maximum absolute atomic E-state index is 7.54. The van der Waals surface area contributed by atoms with Gasteiger partial charge in [-0.15, -0.1) is 0 Å². The van der Waals surface area contributed by atoms with E-state index in [2.05, 4.69) is 62.1 Å². The zero-order valence-electron chi connectivity index (χ0n) is 15.0. The lowest BCUT2D eigenvalue weighted by atomic mass is 10.0. The van der Waals surface area contributed by atoms with Crippen LogP contribution in [0, 0.1) is 13.5 Å². The third kappa shape index (κ3) is 1.62. The molecular formula is C23H15N4+. The summed E-state index contributed by atoms with van der Waals surface area (Å²) in [5.74, 6) is 0. The third-order valence-corrected chi connectivity index (χ3v) is 5.69. The van der Waals surface area contributed by atoms with Gasteiger partial charge in [-0.25, -0.2) is 9.41 Å². The highest BCUT2D eigenvalue weighted by Crippen LogP contribution is 2.41. The molecule has 0 saturated heterocycles. The zero-order valence-corrected chi connectivity index (χ0v) is 15.0. The van der Waals surface area contributed by atoms with Gasteiger partial charge in [0.2, 0.25) is 0 Å². The van der Waals surface area contributed by atoms with Crippen molar-refractivity contribution < 1.29 is 4.57 Å². The summed E-state index contributed by atoms with van der Waals surface area (Å²) >= 11 is 0. The van der Waals surface area contributed by atoms with Crippen LogP contribution >= 0.6 is 0 Å². The molecule has 0 unspecified atom stereocenters. The number of fused-ring (bicyclic) bond motifs is 5. The first kappa shape index (κ1) is 14.5. The maximum Gasteiger partial charge on any atom is 0.287 e. The minimum atomic E-state index is 0.617. The molecule has 4 nitrogen and oxygen atoms in total. The first-order chi connectivity index (χ1) is 13.2. The molecule has 0 aliphatic heterocycles. The van der Waals surface area contributed by atoms with E-state index >= 15 is 0 Å². The number of rotatable bonds is 0. The largest absolute Gasteiger partial charge is 0.309 e. The van der Waals surface area contributed by atoms with E-state index in [1.165, 1.54) is 38.3 Å². The molecule has 6 rings (SSSR count). The Hall–Kier alpha value is -3.71. The summed E-state index contributed by atoms with van der Waals surface area (Å²) in [5.41, 5.74) is 7.33. The molecule has 0 spiro atoms. The van der Waals surface area contributed by atoms with Gasteiger partial charge in [-0.1, -0.05) is 35.3 Å². The molecule has 3 heterocycles. The van der Waals surface area contributed by atoms with Crippen LogP contribution < -0.4 is 4.57 Å². The van der Waals surface area contributed by atoms with Crippen LogP contribution in [-0.4, -0.2) is 9.38 Å². The molecule has 6 aromatic rings. The molecule has 0 saturated carbocycles. The molecule has 0 fully saturated rings. The lowest BCUT2D eigenvalue weighted by Crippen LogP contribution is -2.30. The Morgan fingerprint density at radius 3 is 2.70 bits per heavy atom. The topological polar surface area (TPSA) is 25.5 Å². The first-order valence-corrected chi connectivity index (χ1v) is 8.92. The fourth-order valence-corrected chi connectivity index (χ4v) is 4.57. The van der Waals surface area contributed by atoms with Crippen molar-refractivity contribution in [3.8, 4) is 0 Å². The summed E-state index contributed by atoms with van der Waals surface area (Å²) in [6.45, 7) is 9.71. The smallest absolute Gasteiger partial charge is 0.287 e. The van der Waals surface area contributed by atoms with Gasteiger partial charge in [0.05, 0.1) is 35.6 Å². The van der Waals surface area contributed by atoms with Crippen molar-refractivity contribution in [2.75, 3.05) is 0 Å². The molecule has 0 amide bonds. The number of benzene rings is 3. The highest BCUT2D eigenvalue weighted by Gasteiger charge is 2.23. The van der Waals surface area contributed by atoms with E-state index in [-0.39, 0.29) is 0 Å². The second-order valence-corrected chi connectivity index (χ2v) is 7.18. The molecule has 0 bridgehead atoms. The Balaban J connectivity index is 2.15. The summed E-state index contributed by atoms with van der Waals surface area (Å²) < 4.78 is 4.42. The second kappa shape index (κ2) is 4.72. The van der Waals surface area contributed by atoms with E-state index in [0.29, 0.717) is 5.69 Å². The molecule has 0 atom stereocenters. The molecule has 4 heteroatoms. The molecule has 0 N–H and O–H groups in total. The fraction of sp³-hybridized carbons (Fsp3) is 0.0870. The fourth-order valence-electron chi connectivity index (χ4n) is 4.57. The van der Waals surface area contributed by atoms with Crippen LogP contribution in [0.15, 0.2) is 54.9 Å². The third-order valence-electron chi connectivity index (χ3n) is 5.69. The van der Waals surface area contributed by atoms with Crippen molar-refractivity contribution in [3.63, 3.8) is 0 Å². The van der Waals surface area contributed by atoms with Gasteiger partial charge in [0, 0.05) is 16.2 Å². The standard InChI is InChI=1S/C23H15N4/c1-13-8-9-16-15-6-4-5-7-18(15)27-19-11-14(24-2)10-17-21(19)23(20(13)22(16)27)26(3)12-25-17/h4-12H,1,3H3/q+1. The molecule has 0 radical (unpaired) electrons. The predicted molar refractivity (Wildman–Crippen MR) is 109 cm³/mol. The van der Waals surface area contributed by atoms with E-state index in [1.807, 2.05) is 25.5 Å². The lowest BCUT2D eigenvalue weighted by molar-refractivity contribution is -0.646. The number of hydrogen-bond donors (Lipinski definition) is 0. The predicted octanol–water partition coefficient (Wildman–Crippen LogP) is 5.07. The quantitative estimate of drug-likeness (QED) is 0.163. The van der Waals surface area contributed by atoms with Crippen molar-refractivity contribution in [3.05, 3.63) is 71.8 Å². The monoisotopic (exact) mass is 347 g/mol. The van der Waals surface area contributed by atoms with Gasteiger partial charge in [0.1, 0.15) is 5.52 Å². The average molecular weight is 347 g/mol. The van der Waals surface area contributed by atoms with Crippen molar-refractivity contribution in [1.29, 1.82) is 0 Å². The van der Waals surface area contributed by atoms with Gasteiger partial charge < -0.3 is 4.40 Å². The van der Waals surface area contributed by atoms with Gasteiger partial charge in [-0.3, -0.25) is 0 Å². The van der Waals surface area contributed by atoms with Gasteiger partial charge in [-0.2, -0.15) is 0 Å². The average Bonchev–Trinajstić information content (AvgIpc) is 3.03. The molecule has 126 valence electrons. The number of aromatic nitrogens is 3. The summed E-state index contributed by atoms with van der Waals surface area (Å²) in [4.78, 5) is 8.33. The molecular weight excluding hydrogens is 332 g/mol. The highest BCUT2D eigenvalue weighted by molar-refractivity contribution is 6.25. The Morgan fingerprint density at radius 2 is 1.85 bits per heavy atom. The summed E-state index contributed by atoms with van der Waals surface area (Å²) in [5, 5.41) is 4.84. The highest BCUT2D eigenvalue weighted by atomic mass is 15.0. The van der Waals surface area contributed by atoms with Gasteiger partial charge in [0.25, 0.3) is 6.33 Å². The van der Waals surface area contributed by atoms with Crippen LogP contribution in [0.2, 0.25) is 0 Å². The number of para-hydroxylation sites is 1. The van der Waals surface area contributed by atoms with E-state index < -0.39 is 0 Å². The summed E-state index contributed by atoms with van der Waals surface area (Å²) in [6, 6.07) is 16.8. The van der Waals surface area contributed by atoms with Crippen molar-refractivity contribution in [2.24, 2.45) is 7.05 Å². The molecule has 3 aromatic heterocycles. The normalized spacial score (nSPS) is 12.0. The summed E-state index contributed by atoms with van der Waals surface area (Å²) in [7, 11) is 2.05. The Bertz CT molecular complexity index is 1600. The zero-order chi connectivity index (χ0) is 18.3. The Labute approximate surface area is 155 Å². The minimum absolute atomic E-state index is 0.617. The van der Waals surface area contributed by atoms with Crippen molar-refractivity contribution in [1.82, 2.24) is 9.38 Å². The SMILES string of the molecule is [C-]#[N+]c1cc2nc[n+](C)c3c4c(C)ccc5c6ccccc6n(c(c1)c23)c54. The molecule has 27 heavy (non-hydrogen) atoms. The Morgan fingerprint density at radius 1 is 1.00 bits per heavy atom. The lowest BCUT2D eigenvalue weighted by Gasteiger charge is -2.13. The van der Waals surface area contributed by atoms with Crippen LogP contribution in [0.1, 0.15) is 5.56 Å². The van der Waals surface area contributed by atoms with Gasteiger partial charge >= 0.3 is 0 Å². The number of nitrogens with zero attached hydrogens (tertiary/aromatic N) is 4. The maximum atomic E-state index is 7.54. The number of aryl methyl sites for hydroxylation is 2.